The van der Waals surface area contributed by atoms with Crippen molar-refractivity contribution in [3.05, 3.63) is 0 Å². The first-order valence-electron chi connectivity index (χ1n) is 8.02. The van der Waals surface area contributed by atoms with E-state index in [0.717, 1.165) is 45.3 Å². The first-order chi connectivity index (χ1) is 10.1. The minimum Gasteiger partial charge on any atom is -0.389 e. The standard InChI is InChI=1S/C15H29N3O3/c1-17(10-13(19)11-21-2)15(20)14-4-3-9-18(14)12-5-7-16-8-6-12/h12-14,16,19H,3-11H2,1-2H3. The van der Waals surface area contributed by atoms with Crippen molar-refractivity contribution in [1.29, 1.82) is 0 Å². The Morgan fingerprint density at radius 2 is 2.14 bits per heavy atom. The molecule has 0 bridgehead atoms. The van der Waals surface area contributed by atoms with Crippen molar-refractivity contribution in [2.75, 3.05) is 46.9 Å². The Kier molecular flexibility index (Phi) is 6.41. The third kappa shape index (κ3) is 4.39. The largest absolute Gasteiger partial charge is 0.389 e. The van der Waals surface area contributed by atoms with Crippen LogP contribution in [0.2, 0.25) is 0 Å². The van der Waals surface area contributed by atoms with E-state index in [2.05, 4.69) is 10.2 Å². The van der Waals surface area contributed by atoms with Crippen LogP contribution in [-0.4, -0.2) is 85.9 Å². The van der Waals surface area contributed by atoms with Crippen LogP contribution in [-0.2, 0) is 9.53 Å². The topological polar surface area (TPSA) is 65.0 Å². The van der Waals surface area contributed by atoms with Crippen molar-refractivity contribution in [3.8, 4) is 0 Å². The molecule has 6 nitrogen and oxygen atoms in total. The average Bonchev–Trinajstić information content (AvgIpc) is 2.96. The Balaban J connectivity index is 1.90. The summed E-state index contributed by atoms with van der Waals surface area (Å²) in [5.41, 5.74) is 0. The van der Waals surface area contributed by atoms with Gasteiger partial charge in [-0.25, -0.2) is 0 Å². The van der Waals surface area contributed by atoms with Crippen LogP contribution < -0.4 is 5.32 Å². The fraction of sp³-hybridized carbons (Fsp3) is 0.933. The molecule has 2 rings (SSSR count). The highest BCUT2D eigenvalue weighted by Gasteiger charge is 2.37. The van der Waals surface area contributed by atoms with Gasteiger partial charge >= 0.3 is 0 Å². The van der Waals surface area contributed by atoms with Crippen LogP contribution in [0.3, 0.4) is 0 Å². The predicted octanol–water partition coefficient (Wildman–Crippen LogP) is -0.331. The van der Waals surface area contributed by atoms with E-state index < -0.39 is 6.10 Å². The number of piperidine rings is 1. The number of amides is 1. The Morgan fingerprint density at radius 3 is 2.81 bits per heavy atom. The van der Waals surface area contributed by atoms with Crippen LogP contribution in [0.15, 0.2) is 0 Å². The van der Waals surface area contributed by atoms with Crippen LogP contribution in [0.5, 0.6) is 0 Å². The molecule has 2 unspecified atom stereocenters. The zero-order valence-electron chi connectivity index (χ0n) is 13.3. The van der Waals surface area contributed by atoms with Crippen molar-refractivity contribution in [2.24, 2.45) is 0 Å². The van der Waals surface area contributed by atoms with Crippen molar-refractivity contribution in [3.63, 3.8) is 0 Å². The normalized spacial score (nSPS) is 26.0. The Labute approximate surface area is 127 Å². The molecule has 2 aliphatic heterocycles. The highest BCUT2D eigenvalue weighted by molar-refractivity contribution is 5.82. The van der Waals surface area contributed by atoms with Gasteiger partial charge in [-0.2, -0.15) is 0 Å². The van der Waals surface area contributed by atoms with E-state index in [1.807, 2.05) is 0 Å². The summed E-state index contributed by atoms with van der Waals surface area (Å²) in [6, 6.07) is 0.521. The number of carbonyl (C=O) groups is 1. The molecule has 122 valence electrons. The monoisotopic (exact) mass is 299 g/mol. The number of rotatable bonds is 6. The second-order valence-corrected chi connectivity index (χ2v) is 6.20. The lowest BCUT2D eigenvalue weighted by Crippen LogP contribution is -2.52. The highest BCUT2D eigenvalue weighted by Crippen LogP contribution is 2.25. The first kappa shape index (κ1) is 16.7. The molecular formula is C15H29N3O3. The van der Waals surface area contributed by atoms with Crippen LogP contribution in [0.4, 0.5) is 0 Å². The first-order valence-corrected chi connectivity index (χ1v) is 8.02. The molecule has 0 aliphatic carbocycles. The van der Waals surface area contributed by atoms with Gasteiger partial charge < -0.3 is 20.1 Å². The quantitative estimate of drug-likeness (QED) is 0.703. The molecule has 6 heteroatoms. The smallest absolute Gasteiger partial charge is 0.239 e. The maximum Gasteiger partial charge on any atom is 0.239 e. The third-order valence-corrected chi connectivity index (χ3v) is 4.58. The van der Waals surface area contributed by atoms with Crippen molar-refractivity contribution in [1.82, 2.24) is 15.1 Å². The second kappa shape index (κ2) is 8.08. The number of nitrogens with one attached hydrogen (secondary N) is 1. The molecule has 2 aliphatic rings. The van der Waals surface area contributed by atoms with Gasteiger partial charge in [0.1, 0.15) is 0 Å². The SMILES string of the molecule is COCC(O)CN(C)C(=O)C1CCCN1C1CCNCC1. The molecule has 2 fully saturated rings. The number of hydrogen-bond donors (Lipinski definition) is 2. The lowest BCUT2D eigenvalue weighted by Gasteiger charge is -2.36. The number of aliphatic hydroxyl groups is 1. The molecule has 0 saturated carbocycles. The van der Waals surface area contributed by atoms with Crippen LogP contribution in [0, 0.1) is 0 Å². The van der Waals surface area contributed by atoms with Crippen molar-refractivity contribution in [2.45, 2.75) is 43.9 Å². The number of aliphatic hydroxyl groups excluding tert-OH is 1. The average molecular weight is 299 g/mol. The Morgan fingerprint density at radius 1 is 1.43 bits per heavy atom. The fourth-order valence-corrected chi connectivity index (χ4v) is 3.54. The van der Waals surface area contributed by atoms with Gasteiger partial charge in [0.2, 0.25) is 5.91 Å². The van der Waals surface area contributed by atoms with Gasteiger partial charge in [-0.3, -0.25) is 9.69 Å². The highest BCUT2D eigenvalue weighted by atomic mass is 16.5. The molecule has 2 heterocycles. The number of likely N-dealkylation sites (tertiary alicyclic amines) is 1. The molecule has 1 amide bonds. The zero-order chi connectivity index (χ0) is 15.2. The van der Waals surface area contributed by atoms with Gasteiger partial charge in [0.15, 0.2) is 0 Å². The maximum atomic E-state index is 12.7. The lowest BCUT2D eigenvalue weighted by molar-refractivity contribution is -0.137. The summed E-state index contributed by atoms with van der Waals surface area (Å²) in [4.78, 5) is 16.7. The van der Waals surface area contributed by atoms with Crippen LogP contribution in [0.1, 0.15) is 25.7 Å². The summed E-state index contributed by atoms with van der Waals surface area (Å²) < 4.78 is 4.92. The van der Waals surface area contributed by atoms with E-state index in [9.17, 15) is 9.90 Å². The van der Waals surface area contributed by atoms with Crippen molar-refractivity contribution < 1.29 is 14.6 Å². The number of likely N-dealkylation sites (N-methyl/N-ethyl adjacent to an activating group) is 1. The van der Waals surface area contributed by atoms with Gasteiger partial charge in [0.05, 0.1) is 18.8 Å². The van der Waals surface area contributed by atoms with E-state index in [4.69, 9.17) is 4.74 Å². The molecule has 21 heavy (non-hydrogen) atoms. The molecule has 0 aromatic rings. The van der Waals surface area contributed by atoms with Crippen LogP contribution in [0.25, 0.3) is 0 Å². The van der Waals surface area contributed by atoms with Gasteiger partial charge in [0.25, 0.3) is 0 Å². The molecule has 2 saturated heterocycles. The summed E-state index contributed by atoms with van der Waals surface area (Å²) in [5, 5.41) is 13.2. The summed E-state index contributed by atoms with van der Waals surface area (Å²) >= 11 is 0. The van der Waals surface area contributed by atoms with E-state index >= 15 is 0 Å². The number of nitrogens with zero attached hydrogens (tertiary/aromatic N) is 2. The van der Waals surface area contributed by atoms with Crippen LogP contribution >= 0.6 is 0 Å². The number of hydrogen-bond acceptors (Lipinski definition) is 5. The van der Waals surface area contributed by atoms with E-state index in [0.29, 0.717) is 12.6 Å². The predicted molar refractivity (Wildman–Crippen MR) is 81.1 cm³/mol. The molecule has 0 aromatic heterocycles. The maximum absolute atomic E-state index is 12.7. The van der Waals surface area contributed by atoms with E-state index in [-0.39, 0.29) is 18.6 Å². The summed E-state index contributed by atoms with van der Waals surface area (Å²) in [7, 11) is 3.33. The lowest BCUT2D eigenvalue weighted by atomic mass is 10.0. The van der Waals surface area contributed by atoms with Gasteiger partial charge in [-0.1, -0.05) is 0 Å². The third-order valence-electron chi connectivity index (χ3n) is 4.58. The Bertz CT molecular complexity index is 334. The minimum atomic E-state index is -0.613. The van der Waals surface area contributed by atoms with E-state index in [1.165, 1.54) is 0 Å². The van der Waals surface area contributed by atoms with Gasteiger partial charge in [-0.15, -0.1) is 0 Å². The molecule has 2 N–H and O–H groups in total. The molecule has 2 atom stereocenters. The minimum absolute atomic E-state index is 0.00663. The summed E-state index contributed by atoms with van der Waals surface area (Å²) in [6.45, 7) is 3.72. The molecule has 0 spiro atoms. The number of methoxy groups -OCH3 is 1. The van der Waals surface area contributed by atoms with Crippen molar-refractivity contribution >= 4 is 5.91 Å². The molecular weight excluding hydrogens is 270 g/mol. The summed E-state index contributed by atoms with van der Waals surface area (Å²) in [6.07, 6.45) is 3.67. The molecule has 0 radical (unpaired) electrons. The number of carbonyl (C=O) groups excluding carboxylic acids is 1. The fourth-order valence-electron chi connectivity index (χ4n) is 3.54. The Hall–Kier alpha value is -0.690. The van der Waals surface area contributed by atoms with E-state index in [1.54, 1.807) is 19.1 Å². The molecule has 0 aromatic carbocycles. The number of ether oxygens (including phenoxy) is 1. The van der Waals surface area contributed by atoms with Gasteiger partial charge in [0, 0.05) is 26.7 Å². The second-order valence-electron chi connectivity index (χ2n) is 6.20. The van der Waals surface area contributed by atoms with Gasteiger partial charge in [-0.05, 0) is 45.3 Å². The zero-order valence-corrected chi connectivity index (χ0v) is 13.3. The summed E-state index contributed by atoms with van der Waals surface area (Å²) in [5.74, 6) is 0.140.